The average Bonchev–Trinajstić information content (AvgIpc) is 3.29. The molecule has 37 heavy (non-hydrogen) atoms. The molecule has 0 unspecified atom stereocenters. The second-order valence-corrected chi connectivity index (χ2v) is 8.81. The lowest BCUT2D eigenvalue weighted by Crippen LogP contribution is -2.39. The Labute approximate surface area is 208 Å². The van der Waals surface area contributed by atoms with Crippen molar-refractivity contribution in [3.05, 3.63) is 92.9 Å². The third-order valence-corrected chi connectivity index (χ3v) is 6.45. The van der Waals surface area contributed by atoms with Gasteiger partial charge in [-0.25, -0.2) is 10.1 Å². The number of H-pyrrole nitrogens is 1. The second-order valence-electron chi connectivity index (χ2n) is 8.81. The van der Waals surface area contributed by atoms with E-state index in [1.54, 1.807) is 37.3 Å². The van der Waals surface area contributed by atoms with Gasteiger partial charge in [-0.2, -0.15) is 18.3 Å². The number of ketones is 1. The van der Waals surface area contributed by atoms with Crippen LogP contribution >= 0.6 is 0 Å². The van der Waals surface area contributed by atoms with E-state index in [2.05, 4.69) is 15.2 Å². The Kier molecular flexibility index (Phi) is 6.14. The molecule has 4 aromatic rings. The molecule has 2 aromatic carbocycles. The van der Waals surface area contributed by atoms with Gasteiger partial charge >= 0.3 is 6.18 Å². The summed E-state index contributed by atoms with van der Waals surface area (Å²) in [5.41, 5.74) is 1.35. The predicted molar refractivity (Wildman–Crippen MR) is 128 cm³/mol. The van der Waals surface area contributed by atoms with Crippen LogP contribution in [0.2, 0.25) is 0 Å². The van der Waals surface area contributed by atoms with Gasteiger partial charge in [0.15, 0.2) is 5.78 Å². The number of halogens is 3. The number of carbonyl (C=O) groups excluding carboxylic acids is 2. The number of alkyl halides is 3. The molecule has 0 saturated heterocycles. The monoisotopic (exact) mass is 509 g/mol. The zero-order chi connectivity index (χ0) is 26.3. The molecule has 1 aliphatic heterocycles. The molecule has 3 heterocycles. The van der Waals surface area contributed by atoms with Crippen LogP contribution in [-0.4, -0.2) is 42.9 Å². The molecule has 0 spiro atoms. The lowest BCUT2D eigenvalue weighted by atomic mass is 10.0. The minimum atomic E-state index is -4.71. The number of nitrogens with one attached hydrogen (secondary N) is 1. The van der Waals surface area contributed by atoms with Crippen LogP contribution in [-0.2, 0) is 25.7 Å². The quantitative estimate of drug-likeness (QED) is 0.410. The Morgan fingerprint density at radius 3 is 2.54 bits per heavy atom. The fourth-order valence-corrected chi connectivity index (χ4v) is 4.65. The van der Waals surface area contributed by atoms with Gasteiger partial charge in [-0.15, -0.1) is 0 Å². The molecule has 0 aliphatic carbocycles. The van der Waals surface area contributed by atoms with Crippen LogP contribution in [0.4, 0.5) is 13.2 Å². The van der Waals surface area contributed by atoms with Crippen molar-refractivity contribution in [1.82, 2.24) is 24.6 Å². The molecule has 1 N–H and O–H groups in total. The van der Waals surface area contributed by atoms with Crippen LogP contribution in [0.15, 0.2) is 53.3 Å². The van der Waals surface area contributed by atoms with Crippen LogP contribution in [0, 0.1) is 0 Å². The highest BCUT2D eigenvalue weighted by molar-refractivity contribution is 5.97. The van der Waals surface area contributed by atoms with E-state index in [1.807, 2.05) is 18.2 Å². The molecular weight excluding hydrogens is 487 g/mol. The first-order chi connectivity index (χ1) is 17.7. The molecule has 0 fully saturated rings. The number of fused-ring (bicyclic) bond motifs is 2. The van der Waals surface area contributed by atoms with E-state index in [-0.39, 0.29) is 48.9 Å². The topological polar surface area (TPSA) is 101 Å². The highest BCUT2D eigenvalue weighted by atomic mass is 19.4. The zero-order valence-corrected chi connectivity index (χ0v) is 19.8. The molecular formula is C26H22F3N5O3. The molecule has 190 valence electrons. The number of aromatic amines is 1. The van der Waals surface area contributed by atoms with E-state index in [1.165, 1.54) is 4.90 Å². The molecule has 11 heteroatoms. The van der Waals surface area contributed by atoms with Crippen LogP contribution < -0.4 is 5.56 Å². The Balaban J connectivity index is 1.42. The van der Waals surface area contributed by atoms with Gasteiger partial charge in [-0.1, -0.05) is 37.3 Å². The van der Waals surface area contributed by atoms with Crippen molar-refractivity contribution in [2.24, 2.45) is 0 Å². The smallest absolute Gasteiger partial charge is 0.331 e. The molecule has 1 aliphatic rings. The van der Waals surface area contributed by atoms with Crippen molar-refractivity contribution in [2.75, 3.05) is 6.54 Å². The van der Waals surface area contributed by atoms with E-state index >= 15 is 0 Å². The molecule has 0 bridgehead atoms. The minimum absolute atomic E-state index is 0.00473. The number of carbonyl (C=O) groups is 2. The molecule has 2 aromatic heterocycles. The summed E-state index contributed by atoms with van der Waals surface area (Å²) in [6.07, 6.45) is -4.35. The van der Waals surface area contributed by atoms with Gasteiger partial charge in [0.1, 0.15) is 5.69 Å². The van der Waals surface area contributed by atoms with Crippen molar-refractivity contribution in [1.29, 1.82) is 0 Å². The molecule has 1 amide bonds. The number of benzene rings is 2. The summed E-state index contributed by atoms with van der Waals surface area (Å²) < 4.78 is 41.6. The molecule has 5 rings (SSSR count). The van der Waals surface area contributed by atoms with Crippen LogP contribution in [0.25, 0.3) is 10.8 Å². The number of hydrogen-bond acceptors (Lipinski definition) is 5. The minimum Gasteiger partial charge on any atom is -0.331 e. The predicted octanol–water partition coefficient (Wildman–Crippen LogP) is 3.98. The maximum absolute atomic E-state index is 13.5. The summed E-state index contributed by atoms with van der Waals surface area (Å²) >= 11 is 0. The van der Waals surface area contributed by atoms with E-state index in [0.29, 0.717) is 28.5 Å². The Morgan fingerprint density at radius 2 is 1.81 bits per heavy atom. The second kappa shape index (κ2) is 9.30. The molecule has 8 nitrogen and oxygen atoms in total. The highest BCUT2D eigenvalue weighted by Crippen LogP contribution is 2.33. The highest BCUT2D eigenvalue weighted by Gasteiger charge is 2.41. The molecule has 0 atom stereocenters. The first kappa shape index (κ1) is 24.4. The summed E-state index contributed by atoms with van der Waals surface area (Å²) in [6.45, 7) is 1.33. The van der Waals surface area contributed by atoms with Gasteiger partial charge in [0.05, 0.1) is 23.3 Å². The van der Waals surface area contributed by atoms with E-state index < -0.39 is 17.8 Å². The number of amides is 1. The van der Waals surface area contributed by atoms with Crippen LogP contribution in [0.5, 0.6) is 0 Å². The van der Waals surface area contributed by atoms with E-state index in [4.69, 9.17) is 0 Å². The Hall–Kier alpha value is -4.28. The third kappa shape index (κ3) is 4.52. The standard InChI is InChI=1S/C26H22F3N5O3/c1-2-21(35)22-20-14-33(10-11-34(20)25(30-22)26(27,28)29)24(37)16-7-5-6-15(12-16)13-19-17-8-3-4-9-18(17)23(36)32-31-19/h3-9,12H,2,10-11,13-14H2,1H3,(H,32,36). The summed E-state index contributed by atoms with van der Waals surface area (Å²) in [4.78, 5) is 42.8. The van der Waals surface area contributed by atoms with Crippen molar-refractivity contribution >= 4 is 22.5 Å². The van der Waals surface area contributed by atoms with Crippen LogP contribution in [0.3, 0.4) is 0 Å². The van der Waals surface area contributed by atoms with Gasteiger partial charge in [-0.3, -0.25) is 14.4 Å². The zero-order valence-electron chi connectivity index (χ0n) is 19.8. The first-order valence-corrected chi connectivity index (χ1v) is 11.7. The number of aromatic nitrogens is 4. The van der Waals surface area contributed by atoms with Gasteiger partial charge < -0.3 is 9.47 Å². The fraction of sp³-hybridized carbons (Fsp3) is 0.269. The summed E-state index contributed by atoms with van der Waals surface area (Å²) in [5.74, 6) is -1.98. The summed E-state index contributed by atoms with van der Waals surface area (Å²) in [7, 11) is 0. The Bertz CT molecular complexity index is 1590. The molecule has 0 radical (unpaired) electrons. The van der Waals surface area contributed by atoms with Crippen LogP contribution in [0.1, 0.15) is 57.0 Å². The normalized spacial score (nSPS) is 13.6. The van der Waals surface area contributed by atoms with Gasteiger partial charge in [0, 0.05) is 36.9 Å². The van der Waals surface area contributed by atoms with Gasteiger partial charge in [0.25, 0.3) is 11.5 Å². The number of imidazole rings is 1. The van der Waals surface area contributed by atoms with E-state index in [9.17, 15) is 27.6 Å². The van der Waals surface area contributed by atoms with Crippen molar-refractivity contribution < 1.29 is 22.8 Å². The van der Waals surface area contributed by atoms with Gasteiger partial charge in [-0.05, 0) is 23.8 Å². The number of rotatable bonds is 5. The van der Waals surface area contributed by atoms with Crippen molar-refractivity contribution in [3.8, 4) is 0 Å². The van der Waals surface area contributed by atoms with Gasteiger partial charge in [0.2, 0.25) is 5.82 Å². The first-order valence-electron chi connectivity index (χ1n) is 11.7. The third-order valence-electron chi connectivity index (χ3n) is 6.45. The average molecular weight is 509 g/mol. The number of hydrogen-bond donors (Lipinski definition) is 1. The number of nitrogens with zero attached hydrogens (tertiary/aromatic N) is 4. The largest absolute Gasteiger partial charge is 0.449 e. The Morgan fingerprint density at radius 1 is 1.05 bits per heavy atom. The fourth-order valence-electron chi connectivity index (χ4n) is 4.65. The maximum Gasteiger partial charge on any atom is 0.449 e. The molecule has 0 saturated carbocycles. The lowest BCUT2D eigenvalue weighted by Gasteiger charge is -2.29. The maximum atomic E-state index is 13.5. The summed E-state index contributed by atoms with van der Waals surface area (Å²) in [5, 5.41) is 7.90. The van der Waals surface area contributed by atoms with Crippen molar-refractivity contribution in [3.63, 3.8) is 0 Å². The summed E-state index contributed by atoms with van der Waals surface area (Å²) in [6, 6.07) is 14.0. The SMILES string of the molecule is CCC(=O)c1nc(C(F)(F)F)n2c1CN(C(=O)c1cccc(Cc3n[nH]c(=O)c4ccccc34)c1)CC2. The van der Waals surface area contributed by atoms with E-state index in [0.717, 1.165) is 10.1 Å². The number of Topliss-reactive ketones (excluding diaryl/α,β-unsaturated/α-hetero) is 1. The van der Waals surface area contributed by atoms with Crippen molar-refractivity contribution in [2.45, 2.75) is 39.0 Å². The lowest BCUT2D eigenvalue weighted by molar-refractivity contribution is -0.147.